The Morgan fingerprint density at radius 3 is 2.47 bits per heavy atom. The summed E-state index contributed by atoms with van der Waals surface area (Å²) in [6, 6.07) is 9.88. The minimum Gasteiger partial charge on any atom is -0.394 e. The molecule has 2 N–H and O–H groups in total. The second-order valence-corrected chi connectivity index (χ2v) is 5.51. The smallest absolute Gasteiger partial charge is 0.0900 e. The van der Waals surface area contributed by atoms with Crippen molar-refractivity contribution < 1.29 is 14.9 Å². The highest BCUT2D eigenvalue weighted by molar-refractivity contribution is 5.13. The standard InChI is InChI=1S/C15H25NO3/c1-15(2,12-17)16(3)9-14(18)11-19-10-13-7-5-4-6-8-13/h4-8,14,17-18H,9-12H2,1-3H3. The number of rotatable bonds is 8. The predicted molar refractivity (Wildman–Crippen MR) is 75.9 cm³/mol. The van der Waals surface area contributed by atoms with Crippen LogP contribution in [-0.2, 0) is 11.3 Å². The predicted octanol–water partition coefficient (Wildman–Crippen LogP) is 1.27. The molecule has 0 aliphatic rings. The topological polar surface area (TPSA) is 52.9 Å². The molecule has 0 saturated carbocycles. The number of likely N-dealkylation sites (N-methyl/N-ethyl adjacent to an activating group) is 1. The first kappa shape index (κ1) is 16.1. The number of aliphatic hydroxyl groups is 2. The zero-order valence-corrected chi connectivity index (χ0v) is 12.0. The van der Waals surface area contributed by atoms with Gasteiger partial charge in [-0.1, -0.05) is 30.3 Å². The van der Waals surface area contributed by atoms with Crippen molar-refractivity contribution in [3.8, 4) is 0 Å². The first-order chi connectivity index (χ1) is 8.95. The monoisotopic (exact) mass is 267 g/mol. The highest BCUT2D eigenvalue weighted by Crippen LogP contribution is 2.11. The molecule has 0 fully saturated rings. The number of hydrogen-bond acceptors (Lipinski definition) is 4. The van der Waals surface area contributed by atoms with E-state index in [4.69, 9.17) is 4.74 Å². The van der Waals surface area contributed by atoms with Crippen molar-refractivity contribution in [3.05, 3.63) is 35.9 Å². The van der Waals surface area contributed by atoms with Gasteiger partial charge in [0.15, 0.2) is 0 Å². The molecule has 1 unspecified atom stereocenters. The molecule has 1 aromatic carbocycles. The van der Waals surface area contributed by atoms with Crippen LogP contribution in [0.25, 0.3) is 0 Å². The van der Waals surface area contributed by atoms with Gasteiger partial charge in [-0.15, -0.1) is 0 Å². The number of aliphatic hydroxyl groups excluding tert-OH is 2. The van der Waals surface area contributed by atoms with Gasteiger partial charge in [0.25, 0.3) is 0 Å². The summed E-state index contributed by atoms with van der Waals surface area (Å²) in [7, 11) is 1.89. The molecule has 19 heavy (non-hydrogen) atoms. The molecule has 0 aromatic heterocycles. The van der Waals surface area contributed by atoms with Crippen molar-refractivity contribution in [2.24, 2.45) is 0 Å². The van der Waals surface area contributed by atoms with Gasteiger partial charge in [0.05, 0.1) is 25.9 Å². The lowest BCUT2D eigenvalue weighted by Gasteiger charge is -2.35. The molecular weight excluding hydrogens is 242 g/mol. The van der Waals surface area contributed by atoms with Crippen LogP contribution >= 0.6 is 0 Å². The molecule has 0 amide bonds. The lowest BCUT2D eigenvalue weighted by atomic mass is 10.0. The van der Waals surface area contributed by atoms with Crippen LogP contribution in [0.15, 0.2) is 30.3 Å². The van der Waals surface area contributed by atoms with E-state index in [1.807, 2.05) is 56.1 Å². The van der Waals surface area contributed by atoms with Gasteiger partial charge in [-0.25, -0.2) is 0 Å². The molecule has 0 aliphatic heterocycles. The third-order valence-corrected chi connectivity index (χ3v) is 3.33. The lowest BCUT2D eigenvalue weighted by Crippen LogP contribution is -2.48. The van der Waals surface area contributed by atoms with Crippen molar-refractivity contribution in [2.75, 3.05) is 26.8 Å². The first-order valence-corrected chi connectivity index (χ1v) is 6.57. The van der Waals surface area contributed by atoms with E-state index in [9.17, 15) is 10.2 Å². The van der Waals surface area contributed by atoms with Gasteiger partial charge in [0.1, 0.15) is 0 Å². The largest absolute Gasteiger partial charge is 0.394 e. The molecular formula is C15H25NO3. The van der Waals surface area contributed by atoms with Crippen LogP contribution in [-0.4, -0.2) is 53.6 Å². The van der Waals surface area contributed by atoms with E-state index in [1.54, 1.807) is 0 Å². The average Bonchev–Trinajstić information content (AvgIpc) is 2.39. The Labute approximate surface area is 115 Å². The Hall–Kier alpha value is -0.940. The van der Waals surface area contributed by atoms with Gasteiger partial charge in [-0.3, -0.25) is 4.90 Å². The lowest BCUT2D eigenvalue weighted by molar-refractivity contribution is -0.0123. The SMILES string of the molecule is CN(CC(O)COCc1ccccc1)C(C)(C)CO. The van der Waals surface area contributed by atoms with E-state index >= 15 is 0 Å². The van der Waals surface area contributed by atoms with Gasteiger partial charge in [0.2, 0.25) is 0 Å². The van der Waals surface area contributed by atoms with E-state index in [0.29, 0.717) is 19.8 Å². The second-order valence-electron chi connectivity index (χ2n) is 5.51. The maximum atomic E-state index is 9.91. The highest BCUT2D eigenvalue weighted by atomic mass is 16.5. The zero-order chi connectivity index (χ0) is 14.3. The molecule has 0 bridgehead atoms. The zero-order valence-electron chi connectivity index (χ0n) is 12.0. The van der Waals surface area contributed by atoms with Crippen LogP contribution in [0.3, 0.4) is 0 Å². The molecule has 0 spiro atoms. The minimum absolute atomic E-state index is 0.0566. The third-order valence-electron chi connectivity index (χ3n) is 3.33. The summed E-state index contributed by atoms with van der Waals surface area (Å²) in [4.78, 5) is 1.93. The number of hydrogen-bond donors (Lipinski definition) is 2. The number of ether oxygens (including phenoxy) is 1. The molecule has 108 valence electrons. The summed E-state index contributed by atoms with van der Waals surface area (Å²) in [6.07, 6.45) is -0.556. The molecule has 0 radical (unpaired) electrons. The summed E-state index contributed by atoms with van der Waals surface area (Å²) >= 11 is 0. The normalized spacial score (nSPS) is 13.8. The second kappa shape index (κ2) is 7.60. The van der Waals surface area contributed by atoms with Gasteiger partial charge < -0.3 is 14.9 Å². The van der Waals surface area contributed by atoms with Crippen LogP contribution < -0.4 is 0 Å². The molecule has 0 heterocycles. The number of benzene rings is 1. The molecule has 1 rings (SSSR count). The fourth-order valence-electron chi connectivity index (χ4n) is 1.62. The van der Waals surface area contributed by atoms with E-state index in [0.717, 1.165) is 5.56 Å². The van der Waals surface area contributed by atoms with Crippen LogP contribution in [0.4, 0.5) is 0 Å². The van der Waals surface area contributed by atoms with E-state index in [2.05, 4.69) is 0 Å². The summed E-state index contributed by atoms with van der Waals surface area (Å²) in [5, 5.41) is 19.2. The summed E-state index contributed by atoms with van der Waals surface area (Å²) in [5.74, 6) is 0. The Morgan fingerprint density at radius 1 is 1.26 bits per heavy atom. The van der Waals surface area contributed by atoms with Gasteiger partial charge in [-0.2, -0.15) is 0 Å². The van der Waals surface area contributed by atoms with E-state index < -0.39 is 6.10 Å². The van der Waals surface area contributed by atoms with Gasteiger partial charge >= 0.3 is 0 Å². The Morgan fingerprint density at radius 2 is 1.89 bits per heavy atom. The Kier molecular flexibility index (Phi) is 6.45. The molecule has 0 aliphatic carbocycles. The molecule has 4 nitrogen and oxygen atoms in total. The van der Waals surface area contributed by atoms with Gasteiger partial charge in [0, 0.05) is 12.1 Å². The van der Waals surface area contributed by atoms with Crippen LogP contribution in [0.1, 0.15) is 19.4 Å². The fourth-order valence-corrected chi connectivity index (χ4v) is 1.62. The first-order valence-electron chi connectivity index (χ1n) is 6.57. The molecule has 0 saturated heterocycles. The van der Waals surface area contributed by atoms with Crippen molar-refractivity contribution in [1.29, 1.82) is 0 Å². The van der Waals surface area contributed by atoms with Crippen LogP contribution in [0.5, 0.6) is 0 Å². The van der Waals surface area contributed by atoms with E-state index in [-0.39, 0.29) is 12.1 Å². The quantitative estimate of drug-likeness (QED) is 0.745. The Balaban J connectivity index is 2.26. The van der Waals surface area contributed by atoms with E-state index in [1.165, 1.54) is 0 Å². The maximum Gasteiger partial charge on any atom is 0.0900 e. The fraction of sp³-hybridized carbons (Fsp3) is 0.600. The number of β-amino-alcohol motifs (C(OH)–C–C–N with tert-alkyl or cyclic N) is 1. The van der Waals surface area contributed by atoms with Crippen molar-refractivity contribution >= 4 is 0 Å². The van der Waals surface area contributed by atoms with Crippen molar-refractivity contribution in [2.45, 2.75) is 32.1 Å². The van der Waals surface area contributed by atoms with Crippen LogP contribution in [0.2, 0.25) is 0 Å². The maximum absolute atomic E-state index is 9.91. The Bertz CT molecular complexity index is 354. The molecule has 1 aromatic rings. The minimum atomic E-state index is -0.556. The summed E-state index contributed by atoms with van der Waals surface area (Å²) in [6.45, 7) is 5.20. The highest BCUT2D eigenvalue weighted by Gasteiger charge is 2.24. The van der Waals surface area contributed by atoms with Crippen molar-refractivity contribution in [1.82, 2.24) is 4.90 Å². The van der Waals surface area contributed by atoms with Crippen LogP contribution in [0, 0.1) is 0 Å². The third kappa shape index (κ3) is 5.70. The molecule has 4 heteroatoms. The summed E-state index contributed by atoms with van der Waals surface area (Å²) in [5.41, 5.74) is 0.763. The number of nitrogens with zero attached hydrogens (tertiary/aromatic N) is 1. The van der Waals surface area contributed by atoms with Gasteiger partial charge in [-0.05, 0) is 26.5 Å². The van der Waals surface area contributed by atoms with Crippen molar-refractivity contribution in [3.63, 3.8) is 0 Å². The average molecular weight is 267 g/mol. The molecule has 1 atom stereocenters. The summed E-state index contributed by atoms with van der Waals surface area (Å²) < 4.78 is 5.49.